The van der Waals surface area contributed by atoms with Crippen LogP contribution in [-0.2, 0) is 17.9 Å². The summed E-state index contributed by atoms with van der Waals surface area (Å²) in [6.07, 6.45) is 3.80. The first-order valence-corrected chi connectivity index (χ1v) is 13.5. The highest BCUT2D eigenvalue weighted by atomic mass is 16.5. The number of benzene rings is 3. The summed E-state index contributed by atoms with van der Waals surface area (Å²) < 4.78 is 17.2. The van der Waals surface area contributed by atoms with Gasteiger partial charge in [-0.05, 0) is 54.4 Å². The summed E-state index contributed by atoms with van der Waals surface area (Å²) in [6, 6.07) is 27.6. The minimum Gasteiger partial charge on any atom is -0.496 e. The molecule has 2 unspecified atom stereocenters. The maximum Gasteiger partial charge on any atom is 0.124 e. The lowest BCUT2D eigenvalue weighted by atomic mass is 9.86. The maximum atomic E-state index is 5.97. The van der Waals surface area contributed by atoms with Crippen molar-refractivity contribution < 1.29 is 14.2 Å². The van der Waals surface area contributed by atoms with Crippen LogP contribution < -0.4 is 20.1 Å². The molecule has 0 bridgehead atoms. The Hall–Kier alpha value is -3.45. The van der Waals surface area contributed by atoms with Crippen LogP contribution in [0.4, 0.5) is 0 Å². The second-order valence-corrected chi connectivity index (χ2v) is 9.75. The van der Waals surface area contributed by atoms with Gasteiger partial charge in [0.1, 0.15) is 11.5 Å². The average molecular weight is 512 g/mol. The minimum absolute atomic E-state index is 0.371. The molecule has 0 spiro atoms. The fourth-order valence-corrected chi connectivity index (χ4v) is 5.11. The third-order valence-corrected chi connectivity index (χ3v) is 7.18. The van der Waals surface area contributed by atoms with Gasteiger partial charge in [-0.1, -0.05) is 48.5 Å². The molecule has 1 aromatic heterocycles. The lowest BCUT2D eigenvalue weighted by molar-refractivity contribution is 0.105. The van der Waals surface area contributed by atoms with Crippen LogP contribution in [0.5, 0.6) is 11.5 Å². The molecule has 0 aliphatic carbocycles. The van der Waals surface area contributed by atoms with Crippen LogP contribution in [0.1, 0.15) is 35.4 Å². The van der Waals surface area contributed by atoms with Crippen molar-refractivity contribution in [3.63, 3.8) is 0 Å². The number of hydrogen-bond donors (Lipinski definition) is 2. The molecule has 2 N–H and O–H groups in total. The van der Waals surface area contributed by atoms with Crippen molar-refractivity contribution in [3.8, 4) is 11.5 Å². The number of aromatic nitrogens is 1. The Morgan fingerprint density at radius 2 is 1.87 bits per heavy atom. The van der Waals surface area contributed by atoms with E-state index in [1.807, 2.05) is 36.5 Å². The summed E-state index contributed by atoms with van der Waals surface area (Å²) in [6.45, 7) is 4.65. The number of methoxy groups -OCH3 is 1. The Morgan fingerprint density at radius 3 is 2.76 bits per heavy atom. The summed E-state index contributed by atoms with van der Waals surface area (Å²) in [4.78, 5) is 4.50. The van der Waals surface area contributed by atoms with E-state index in [1.165, 1.54) is 16.5 Å². The molecule has 0 amide bonds. The van der Waals surface area contributed by atoms with Crippen LogP contribution in [0.15, 0.2) is 85.1 Å². The summed E-state index contributed by atoms with van der Waals surface area (Å²) >= 11 is 0. The van der Waals surface area contributed by atoms with Crippen molar-refractivity contribution >= 4 is 10.9 Å². The highest BCUT2D eigenvalue weighted by Gasteiger charge is 2.26. The molecule has 3 aromatic carbocycles. The van der Waals surface area contributed by atoms with E-state index < -0.39 is 0 Å². The molecule has 5 rings (SSSR count). The van der Waals surface area contributed by atoms with Crippen LogP contribution in [-0.4, -0.2) is 44.4 Å². The second-order valence-electron chi connectivity index (χ2n) is 9.75. The van der Waals surface area contributed by atoms with E-state index in [0.717, 1.165) is 55.1 Å². The first-order valence-electron chi connectivity index (χ1n) is 13.5. The maximum absolute atomic E-state index is 5.97. The van der Waals surface area contributed by atoms with E-state index in [-0.39, 0.29) is 0 Å². The number of rotatable bonds is 12. The molecule has 2 atom stereocenters. The zero-order chi connectivity index (χ0) is 26.0. The normalized spacial score (nSPS) is 17.4. The Bertz CT molecular complexity index is 1290. The van der Waals surface area contributed by atoms with Crippen molar-refractivity contribution in [3.05, 3.63) is 102 Å². The molecular formula is C32H37N3O3. The topological polar surface area (TPSA) is 64.6 Å². The highest BCUT2D eigenvalue weighted by Crippen LogP contribution is 2.28. The number of piperidine rings is 1. The number of nitrogens with one attached hydrogen (secondary N) is 2. The summed E-state index contributed by atoms with van der Waals surface area (Å²) in [5.41, 5.74) is 4.73. The van der Waals surface area contributed by atoms with Gasteiger partial charge in [-0.2, -0.15) is 0 Å². The average Bonchev–Trinajstić information content (AvgIpc) is 2.98. The van der Waals surface area contributed by atoms with E-state index in [0.29, 0.717) is 31.8 Å². The molecule has 6 heteroatoms. The molecule has 2 heterocycles. The molecule has 0 radical (unpaired) electrons. The Kier molecular flexibility index (Phi) is 9.21. The quantitative estimate of drug-likeness (QED) is 0.246. The predicted octanol–water partition coefficient (Wildman–Crippen LogP) is 5.46. The summed E-state index contributed by atoms with van der Waals surface area (Å²) in [5.74, 6) is 2.23. The third-order valence-electron chi connectivity index (χ3n) is 7.18. The number of hydrogen-bond acceptors (Lipinski definition) is 6. The van der Waals surface area contributed by atoms with Gasteiger partial charge in [0, 0.05) is 48.6 Å². The van der Waals surface area contributed by atoms with Crippen molar-refractivity contribution in [2.45, 2.75) is 38.0 Å². The van der Waals surface area contributed by atoms with Gasteiger partial charge < -0.3 is 24.8 Å². The van der Waals surface area contributed by atoms with Crippen molar-refractivity contribution in [2.24, 2.45) is 0 Å². The standard InChI is InChI=1S/C32H37N3O3/c1-36-32-8-3-2-6-27(32)23-37-18-5-19-38-28-13-11-25(12-14-28)29-15-17-33-22-31(29)35-21-24-9-10-26-7-4-16-34-30(26)20-24/h2-4,6-14,16,20,29,31,33,35H,5,15,17-19,21-23H2,1H3. The third kappa shape index (κ3) is 6.90. The van der Waals surface area contributed by atoms with Gasteiger partial charge in [0.15, 0.2) is 0 Å². The molecule has 4 aromatic rings. The Labute approximate surface area is 225 Å². The Balaban J connectivity index is 1.08. The van der Waals surface area contributed by atoms with Gasteiger partial charge in [-0.15, -0.1) is 0 Å². The van der Waals surface area contributed by atoms with E-state index in [2.05, 4.69) is 64.1 Å². The first kappa shape index (κ1) is 26.2. The number of nitrogens with zero attached hydrogens (tertiary/aromatic N) is 1. The molecule has 198 valence electrons. The monoisotopic (exact) mass is 511 g/mol. The van der Waals surface area contributed by atoms with Gasteiger partial charge in [0.05, 0.1) is 32.4 Å². The fraction of sp³-hybridized carbons (Fsp3) is 0.344. The predicted molar refractivity (Wildman–Crippen MR) is 152 cm³/mol. The zero-order valence-corrected chi connectivity index (χ0v) is 22.1. The van der Waals surface area contributed by atoms with Crippen LogP contribution in [0.2, 0.25) is 0 Å². The van der Waals surface area contributed by atoms with Crippen LogP contribution in [0, 0.1) is 0 Å². The van der Waals surface area contributed by atoms with Crippen molar-refractivity contribution in [2.75, 3.05) is 33.4 Å². The van der Waals surface area contributed by atoms with Gasteiger partial charge in [-0.3, -0.25) is 4.98 Å². The molecule has 1 aliphatic rings. The van der Waals surface area contributed by atoms with E-state index in [1.54, 1.807) is 7.11 Å². The van der Waals surface area contributed by atoms with Crippen LogP contribution >= 0.6 is 0 Å². The highest BCUT2D eigenvalue weighted by molar-refractivity contribution is 5.78. The summed E-state index contributed by atoms with van der Waals surface area (Å²) in [7, 11) is 1.68. The number of fused-ring (bicyclic) bond motifs is 1. The molecule has 1 saturated heterocycles. The van der Waals surface area contributed by atoms with Gasteiger partial charge in [0.2, 0.25) is 0 Å². The van der Waals surface area contributed by atoms with Crippen LogP contribution in [0.3, 0.4) is 0 Å². The SMILES string of the molecule is COc1ccccc1COCCCOc1ccc(C2CCNCC2NCc2ccc3cccnc3c2)cc1. The lowest BCUT2D eigenvalue weighted by Crippen LogP contribution is -2.47. The van der Waals surface area contributed by atoms with Crippen molar-refractivity contribution in [1.29, 1.82) is 0 Å². The molecule has 6 nitrogen and oxygen atoms in total. The van der Waals surface area contributed by atoms with E-state index in [4.69, 9.17) is 14.2 Å². The van der Waals surface area contributed by atoms with Gasteiger partial charge in [0.25, 0.3) is 0 Å². The Morgan fingerprint density at radius 1 is 0.974 bits per heavy atom. The minimum atomic E-state index is 0.371. The first-order chi connectivity index (χ1) is 18.8. The fourth-order valence-electron chi connectivity index (χ4n) is 5.11. The largest absolute Gasteiger partial charge is 0.496 e. The lowest BCUT2D eigenvalue weighted by Gasteiger charge is -2.33. The smallest absolute Gasteiger partial charge is 0.124 e. The molecular weight excluding hydrogens is 474 g/mol. The second kappa shape index (κ2) is 13.4. The molecule has 38 heavy (non-hydrogen) atoms. The molecule has 1 aliphatic heterocycles. The van der Waals surface area contributed by atoms with Crippen molar-refractivity contribution in [1.82, 2.24) is 15.6 Å². The summed E-state index contributed by atoms with van der Waals surface area (Å²) in [5, 5.41) is 8.53. The number of pyridine rings is 1. The molecule has 1 fully saturated rings. The zero-order valence-electron chi connectivity index (χ0n) is 22.1. The van der Waals surface area contributed by atoms with E-state index >= 15 is 0 Å². The molecule has 0 saturated carbocycles. The van der Waals surface area contributed by atoms with Gasteiger partial charge in [-0.25, -0.2) is 0 Å². The van der Waals surface area contributed by atoms with E-state index in [9.17, 15) is 0 Å². The number of ether oxygens (including phenoxy) is 3. The van der Waals surface area contributed by atoms with Crippen LogP contribution in [0.25, 0.3) is 10.9 Å². The number of para-hydroxylation sites is 1. The van der Waals surface area contributed by atoms with Gasteiger partial charge >= 0.3 is 0 Å².